The van der Waals surface area contributed by atoms with Crippen LogP contribution in [0.25, 0.3) is 0 Å². The van der Waals surface area contributed by atoms with Crippen molar-refractivity contribution in [2.24, 2.45) is 0 Å². The summed E-state index contributed by atoms with van der Waals surface area (Å²) < 4.78 is 0. The second kappa shape index (κ2) is 4.11. The number of nitrogens with zero attached hydrogens (tertiary/aromatic N) is 2. The molecule has 0 spiro atoms. The lowest BCUT2D eigenvalue weighted by atomic mass is 10.4. The van der Waals surface area contributed by atoms with Crippen molar-refractivity contribution in [1.29, 1.82) is 0 Å². The molecule has 0 atom stereocenters. The molecule has 0 N–H and O–H groups in total. The van der Waals surface area contributed by atoms with Crippen LogP contribution in [0.3, 0.4) is 0 Å². The third-order valence-corrected chi connectivity index (χ3v) is 0.723. The molecule has 0 aromatic heterocycles. The predicted octanol–water partition coefficient (Wildman–Crippen LogP) is 0.654. The Morgan fingerprint density at radius 1 is 1.08 bits per heavy atom. The SMILES string of the molecule is CC(C)=C(O[N+](=O)[O-])O[N+](=O)[O-]. The Labute approximate surface area is 66.6 Å². The van der Waals surface area contributed by atoms with Crippen LogP contribution in [0.4, 0.5) is 0 Å². The van der Waals surface area contributed by atoms with E-state index in [4.69, 9.17) is 0 Å². The van der Waals surface area contributed by atoms with Gasteiger partial charge in [0.2, 0.25) is 0 Å². The minimum Gasteiger partial charge on any atom is -0.252 e. The number of hydrogen-bond acceptors (Lipinski definition) is 6. The van der Waals surface area contributed by atoms with Crippen molar-refractivity contribution >= 4 is 0 Å². The quantitative estimate of drug-likeness (QED) is 0.355. The van der Waals surface area contributed by atoms with Gasteiger partial charge in [-0.15, -0.1) is 20.2 Å². The summed E-state index contributed by atoms with van der Waals surface area (Å²) in [6, 6.07) is 0. The molecule has 0 saturated carbocycles. The van der Waals surface area contributed by atoms with Gasteiger partial charge in [-0.1, -0.05) is 0 Å². The second-order valence-electron chi connectivity index (χ2n) is 1.92. The van der Waals surface area contributed by atoms with Crippen LogP contribution in [0, 0.1) is 20.2 Å². The lowest BCUT2D eigenvalue weighted by Crippen LogP contribution is -2.09. The van der Waals surface area contributed by atoms with Crippen LogP contribution in [0.1, 0.15) is 13.8 Å². The zero-order chi connectivity index (χ0) is 9.72. The Morgan fingerprint density at radius 2 is 1.42 bits per heavy atom. The molecule has 0 amide bonds. The summed E-state index contributed by atoms with van der Waals surface area (Å²) in [5.74, 6) is -0.731. The van der Waals surface area contributed by atoms with Crippen LogP contribution in [-0.4, -0.2) is 10.2 Å². The molecular weight excluding hydrogens is 172 g/mol. The van der Waals surface area contributed by atoms with Crippen molar-refractivity contribution in [1.82, 2.24) is 0 Å². The van der Waals surface area contributed by atoms with E-state index in [1.807, 2.05) is 0 Å². The summed E-state index contributed by atoms with van der Waals surface area (Å²) in [5.41, 5.74) is 0.198. The normalized spacial score (nSPS) is 8.50. The van der Waals surface area contributed by atoms with E-state index in [1.54, 1.807) is 0 Å². The Kier molecular flexibility index (Phi) is 3.47. The molecule has 0 unspecified atom stereocenters. The fourth-order valence-electron chi connectivity index (χ4n) is 0.335. The Balaban J connectivity index is 4.37. The van der Waals surface area contributed by atoms with Gasteiger partial charge in [0.25, 0.3) is 5.95 Å². The van der Waals surface area contributed by atoms with Crippen molar-refractivity contribution in [2.75, 3.05) is 0 Å². The molecule has 0 rings (SSSR count). The van der Waals surface area contributed by atoms with Gasteiger partial charge in [0.05, 0.1) is 0 Å². The molecule has 0 aliphatic rings. The maximum Gasteiger partial charge on any atom is 0.301 e. The maximum atomic E-state index is 9.74. The Bertz CT molecular complexity index is 212. The van der Waals surface area contributed by atoms with E-state index in [-0.39, 0.29) is 5.57 Å². The highest BCUT2D eigenvalue weighted by atomic mass is 17.0. The van der Waals surface area contributed by atoms with Gasteiger partial charge in [0.15, 0.2) is 0 Å². The number of allylic oxidation sites excluding steroid dienone is 1. The van der Waals surface area contributed by atoms with Crippen molar-refractivity contribution in [2.45, 2.75) is 13.8 Å². The number of rotatable bonds is 4. The first kappa shape index (κ1) is 10.1. The average molecular weight is 178 g/mol. The first-order valence-corrected chi connectivity index (χ1v) is 2.75. The molecular formula is C4H6N2O6. The fraction of sp³-hybridized carbons (Fsp3) is 0.500. The molecule has 0 aromatic carbocycles. The standard InChI is InChI=1S/C4H6N2O6/c1-3(2)4(11-5(7)8)12-6(9)10/h1-2H3. The van der Waals surface area contributed by atoms with Crippen molar-refractivity contribution in [3.8, 4) is 0 Å². The van der Waals surface area contributed by atoms with Crippen molar-refractivity contribution < 1.29 is 19.8 Å². The van der Waals surface area contributed by atoms with Gasteiger partial charge in [-0.25, -0.2) is 0 Å². The van der Waals surface area contributed by atoms with Crippen LogP contribution in [0.2, 0.25) is 0 Å². The minimum absolute atomic E-state index is 0.198. The van der Waals surface area contributed by atoms with Gasteiger partial charge in [0.1, 0.15) is 0 Å². The topological polar surface area (TPSA) is 105 Å². The second-order valence-corrected chi connectivity index (χ2v) is 1.92. The van der Waals surface area contributed by atoms with Crippen LogP contribution in [0.15, 0.2) is 11.5 Å². The van der Waals surface area contributed by atoms with E-state index in [0.717, 1.165) is 0 Å². The van der Waals surface area contributed by atoms with E-state index in [0.29, 0.717) is 0 Å². The summed E-state index contributed by atoms with van der Waals surface area (Å²) in [7, 11) is 0. The van der Waals surface area contributed by atoms with E-state index >= 15 is 0 Å². The maximum absolute atomic E-state index is 9.74. The zero-order valence-corrected chi connectivity index (χ0v) is 6.34. The Morgan fingerprint density at radius 3 is 1.58 bits per heavy atom. The largest absolute Gasteiger partial charge is 0.301 e. The zero-order valence-electron chi connectivity index (χ0n) is 6.34. The Hall–Kier alpha value is -1.86. The van der Waals surface area contributed by atoms with Crippen molar-refractivity contribution in [3.05, 3.63) is 31.7 Å². The molecule has 8 heteroatoms. The fourth-order valence-corrected chi connectivity index (χ4v) is 0.335. The highest BCUT2D eigenvalue weighted by Gasteiger charge is 2.10. The molecule has 0 radical (unpaired) electrons. The molecule has 0 aliphatic carbocycles. The van der Waals surface area contributed by atoms with Gasteiger partial charge >= 0.3 is 10.2 Å². The molecule has 12 heavy (non-hydrogen) atoms. The molecule has 0 saturated heterocycles. The van der Waals surface area contributed by atoms with E-state index in [1.165, 1.54) is 13.8 Å². The van der Waals surface area contributed by atoms with E-state index in [2.05, 4.69) is 9.68 Å². The van der Waals surface area contributed by atoms with Gasteiger partial charge in [-0.05, 0) is 19.4 Å². The van der Waals surface area contributed by atoms with Gasteiger partial charge in [-0.2, -0.15) is 0 Å². The summed E-state index contributed by atoms with van der Waals surface area (Å²) in [6.07, 6.45) is 0. The van der Waals surface area contributed by atoms with Crippen LogP contribution >= 0.6 is 0 Å². The lowest BCUT2D eigenvalue weighted by Gasteiger charge is -2.02. The first-order valence-electron chi connectivity index (χ1n) is 2.75. The smallest absolute Gasteiger partial charge is 0.252 e. The molecule has 0 aliphatic heterocycles. The third kappa shape index (κ3) is 4.04. The lowest BCUT2D eigenvalue weighted by molar-refractivity contribution is -0.806. The molecule has 0 fully saturated rings. The molecule has 8 nitrogen and oxygen atoms in total. The minimum atomic E-state index is -1.19. The number of hydrogen-bond donors (Lipinski definition) is 0. The summed E-state index contributed by atoms with van der Waals surface area (Å²) in [6.45, 7) is 2.75. The highest BCUT2D eigenvalue weighted by molar-refractivity contribution is 4.93. The first-order chi connectivity index (χ1) is 5.43. The molecule has 68 valence electrons. The molecule has 0 bridgehead atoms. The van der Waals surface area contributed by atoms with E-state index < -0.39 is 16.1 Å². The summed E-state index contributed by atoms with van der Waals surface area (Å²) in [5, 5.41) is 17.1. The summed E-state index contributed by atoms with van der Waals surface area (Å²) in [4.78, 5) is 27.0. The summed E-state index contributed by atoms with van der Waals surface area (Å²) >= 11 is 0. The monoisotopic (exact) mass is 178 g/mol. The van der Waals surface area contributed by atoms with E-state index in [9.17, 15) is 20.2 Å². The van der Waals surface area contributed by atoms with Crippen LogP contribution < -0.4 is 0 Å². The molecule has 0 aromatic rings. The van der Waals surface area contributed by atoms with Gasteiger partial charge < -0.3 is 0 Å². The highest BCUT2D eigenvalue weighted by Crippen LogP contribution is 2.06. The predicted molar refractivity (Wildman–Crippen MR) is 34.5 cm³/mol. The van der Waals surface area contributed by atoms with Crippen LogP contribution in [0.5, 0.6) is 0 Å². The van der Waals surface area contributed by atoms with Crippen molar-refractivity contribution in [3.63, 3.8) is 0 Å². The average Bonchev–Trinajstić information content (AvgIpc) is 1.83. The third-order valence-electron chi connectivity index (χ3n) is 0.723. The van der Waals surface area contributed by atoms with Crippen LogP contribution in [-0.2, 0) is 9.68 Å². The molecule has 0 heterocycles. The van der Waals surface area contributed by atoms with Gasteiger partial charge in [0, 0.05) is 0 Å². The van der Waals surface area contributed by atoms with Gasteiger partial charge in [-0.3, -0.25) is 9.68 Å².